The molecule has 0 saturated carbocycles. The van der Waals surface area contributed by atoms with Crippen LogP contribution in [0.5, 0.6) is 5.75 Å². The van der Waals surface area contributed by atoms with Gasteiger partial charge in [0.15, 0.2) is 0 Å². The minimum absolute atomic E-state index is 0.232. The molecular weight excluding hydrogens is 278 g/mol. The van der Waals surface area contributed by atoms with Crippen molar-refractivity contribution in [2.75, 3.05) is 24.3 Å². The SMILES string of the molecule is CCCCNc1ccnc(C(=O)Nc2ccc(OC)cc2)c1. The van der Waals surface area contributed by atoms with E-state index in [1.54, 1.807) is 43.6 Å². The Hall–Kier alpha value is -2.56. The topological polar surface area (TPSA) is 63.2 Å². The molecule has 116 valence electrons. The number of nitrogens with zero attached hydrogens (tertiary/aromatic N) is 1. The Kier molecular flexibility index (Phi) is 5.77. The Bertz CT molecular complexity index is 612. The number of rotatable bonds is 7. The normalized spacial score (nSPS) is 10.1. The van der Waals surface area contributed by atoms with E-state index in [-0.39, 0.29) is 5.91 Å². The Balaban J connectivity index is 2.00. The Labute approximate surface area is 130 Å². The summed E-state index contributed by atoms with van der Waals surface area (Å²) in [7, 11) is 1.61. The number of pyridine rings is 1. The molecule has 1 heterocycles. The van der Waals surface area contributed by atoms with Gasteiger partial charge >= 0.3 is 0 Å². The molecule has 5 nitrogen and oxygen atoms in total. The van der Waals surface area contributed by atoms with Crippen LogP contribution in [0.1, 0.15) is 30.3 Å². The second-order valence-electron chi connectivity index (χ2n) is 4.89. The minimum atomic E-state index is -0.232. The van der Waals surface area contributed by atoms with Gasteiger partial charge < -0.3 is 15.4 Å². The van der Waals surface area contributed by atoms with Gasteiger partial charge in [0.1, 0.15) is 11.4 Å². The lowest BCUT2D eigenvalue weighted by Crippen LogP contribution is -2.14. The monoisotopic (exact) mass is 299 g/mol. The third-order valence-electron chi connectivity index (χ3n) is 3.20. The Morgan fingerprint density at radius 1 is 1.18 bits per heavy atom. The van der Waals surface area contributed by atoms with Crippen LogP contribution in [0.2, 0.25) is 0 Å². The van der Waals surface area contributed by atoms with Crippen LogP contribution in [0.4, 0.5) is 11.4 Å². The van der Waals surface area contributed by atoms with Crippen LogP contribution in [0.25, 0.3) is 0 Å². The third kappa shape index (κ3) is 4.48. The number of nitrogens with one attached hydrogen (secondary N) is 2. The largest absolute Gasteiger partial charge is 0.497 e. The molecule has 1 aromatic carbocycles. The quantitative estimate of drug-likeness (QED) is 0.767. The van der Waals surface area contributed by atoms with E-state index >= 15 is 0 Å². The predicted octanol–water partition coefficient (Wildman–Crippen LogP) is 3.55. The van der Waals surface area contributed by atoms with Gasteiger partial charge in [0.05, 0.1) is 7.11 Å². The molecule has 1 aromatic heterocycles. The molecule has 2 rings (SSSR count). The maximum Gasteiger partial charge on any atom is 0.274 e. The van der Waals surface area contributed by atoms with Gasteiger partial charge in [-0.2, -0.15) is 0 Å². The number of anilines is 2. The van der Waals surface area contributed by atoms with Crippen LogP contribution in [0.15, 0.2) is 42.6 Å². The lowest BCUT2D eigenvalue weighted by Gasteiger charge is -2.08. The molecule has 0 aliphatic carbocycles. The number of carbonyl (C=O) groups is 1. The van der Waals surface area contributed by atoms with Crippen LogP contribution < -0.4 is 15.4 Å². The Morgan fingerprint density at radius 3 is 2.64 bits per heavy atom. The molecule has 1 amide bonds. The van der Waals surface area contributed by atoms with Gasteiger partial charge in [0.25, 0.3) is 5.91 Å². The van der Waals surface area contributed by atoms with E-state index in [0.717, 1.165) is 30.8 Å². The summed E-state index contributed by atoms with van der Waals surface area (Å²) in [5.41, 5.74) is 2.00. The van der Waals surface area contributed by atoms with Gasteiger partial charge in [0.2, 0.25) is 0 Å². The minimum Gasteiger partial charge on any atom is -0.497 e. The first kappa shape index (κ1) is 15.8. The van der Waals surface area contributed by atoms with E-state index in [4.69, 9.17) is 4.74 Å². The van der Waals surface area contributed by atoms with Crippen molar-refractivity contribution in [2.24, 2.45) is 0 Å². The summed E-state index contributed by atoms with van der Waals surface area (Å²) in [4.78, 5) is 16.3. The lowest BCUT2D eigenvalue weighted by molar-refractivity contribution is 0.102. The van der Waals surface area contributed by atoms with Gasteiger partial charge in [-0.15, -0.1) is 0 Å². The first-order valence-corrected chi connectivity index (χ1v) is 7.38. The Morgan fingerprint density at radius 2 is 1.95 bits per heavy atom. The first-order chi connectivity index (χ1) is 10.7. The summed E-state index contributed by atoms with van der Waals surface area (Å²) in [5.74, 6) is 0.516. The molecule has 5 heteroatoms. The molecule has 0 radical (unpaired) electrons. The summed E-state index contributed by atoms with van der Waals surface area (Å²) >= 11 is 0. The molecule has 0 atom stereocenters. The van der Waals surface area contributed by atoms with Gasteiger partial charge in [0, 0.05) is 24.1 Å². The molecule has 0 unspecified atom stereocenters. The summed E-state index contributed by atoms with van der Waals surface area (Å²) in [5, 5.41) is 6.10. The maximum absolute atomic E-state index is 12.2. The smallest absolute Gasteiger partial charge is 0.274 e. The fraction of sp³-hybridized carbons (Fsp3) is 0.294. The van der Waals surface area contributed by atoms with Crippen LogP contribution in [0, 0.1) is 0 Å². The zero-order chi connectivity index (χ0) is 15.8. The summed E-state index contributed by atoms with van der Waals surface area (Å²) in [6.07, 6.45) is 3.86. The highest BCUT2D eigenvalue weighted by molar-refractivity contribution is 6.03. The number of benzene rings is 1. The highest BCUT2D eigenvalue weighted by Gasteiger charge is 2.08. The van der Waals surface area contributed by atoms with E-state index in [1.807, 2.05) is 6.07 Å². The van der Waals surface area contributed by atoms with E-state index in [0.29, 0.717) is 11.4 Å². The van der Waals surface area contributed by atoms with E-state index in [9.17, 15) is 4.79 Å². The third-order valence-corrected chi connectivity index (χ3v) is 3.20. The number of hydrogen-bond donors (Lipinski definition) is 2. The predicted molar refractivity (Wildman–Crippen MR) is 88.6 cm³/mol. The van der Waals surface area contributed by atoms with Crippen molar-refractivity contribution in [3.05, 3.63) is 48.3 Å². The summed E-state index contributed by atoms with van der Waals surface area (Å²) in [6.45, 7) is 3.03. The van der Waals surface area contributed by atoms with Crippen LogP contribution in [0.3, 0.4) is 0 Å². The lowest BCUT2D eigenvalue weighted by atomic mass is 10.2. The highest BCUT2D eigenvalue weighted by atomic mass is 16.5. The van der Waals surface area contributed by atoms with Crippen molar-refractivity contribution in [3.8, 4) is 5.75 Å². The molecule has 0 spiro atoms. The number of hydrogen-bond acceptors (Lipinski definition) is 4. The molecule has 22 heavy (non-hydrogen) atoms. The fourth-order valence-electron chi connectivity index (χ4n) is 1.94. The summed E-state index contributed by atoms with van der Waals surface area (Å²) in [6, 6.07) is 10.8. The zero-order valence-electron chi connectivity index (χ0n) is 12.9. The van der Waals surface area contributed by atoms with Gasteiger partial charge in [-0.05, 0) is 42.8 Å². The second kappa shape index (κ2) is 8.02. The molecule has 0 aliphatic rings. The molecule has 2 N–H and O–H groups in total. The first-order valence-electron chi connectivity index (χ1n) is 7.38. The van der Waals surface area contributed by atoms with Crippen molar-refractivity contribution < 1.29 is 9.53 Å². The molecule has 2 aromatic rings. The highest BCUT2D eigenvalue weighted by Crippen LogP contribution is 2.16. The van der Waals surface area contributed by atoms with Crippen molar-refractivity contribution >= 4 is 17.3 Å². The van der Waals surface area contributed by atoms with Crippen molar-refractivity contribution in [3.63, 3.8) is 0 Å². The molecular formula is C17H21N3O2. The zero-order valence-corrected chi connectivity index (χ0v) is 12.9. The second-order valence-corrected chi connectivity index (χ2v) is 4.89. The average molecular weight is 299 g/mol. The van der Waals surface area contributed by atoms with Crippen molar-refractivity contribution in [1.29, 1.82) is 0 Å². The number of methoxy groups -OCH3 is 1. The van der Waals surface area contributed by atoms with Crippen molar-refractivity contribution in [1.82, 2.24) is 4.98 Å². The molecule has 0 saturated heterocycles. The number of amides is 1. The van der Waals surface area contributed by atoms with Crippen LogP contribution >= 0.6 is 0 Å². The molecule has 0 fully saturated rings. The number of unbranched alkanes of at least 4 members (excludes halogenated alkanes) is 1. The molecule has 0 aliphatic heterocycles. The number of aromatic nitrogens is 1. The number of carbonyl (C=O) groups excluding carboxylic acids is 1. The van der Waals surface area contributed by atoms with Gasteiger partial charge in [-0.25, -0.2) is 0 Å². The summed E-state index contributed by atoms with van der Waals surface area (Å²) < 4.78 is 5.09. The van der Waals surface area contributed by atoms with E-state index < -0.39 is 0 Å². The van der Waals surface area contributed by atoms with E-state index in [1.165, 1.54) is 0 Å². The maximum atomic E-state index is 12.2. The van der Waals surface area contributed by atoms with Crippen LogP contribution in [-0.4, -0.2) is 24.5 Å². The van der Waals surface area contributed by atoms with Crippen molar-refractivity contribution in [2.45, 2.75) is 19.8 Å². The standard InChI is InChI=1S/C17H21N3O2/c1-3-4-10-18-14-9-11-19-16(12-14)17(21)20-13-5-7-15(22-2)8-6-13/h5-9,11-12H,3-4,10H2,1-2H3,(H,18,19)(H,20,21). The fourth-order valence-corrected chi connectivity index (χ4v) is 1.94. The number of ether oxygens (including phenoxy) is 1. The van der Waals surface area contributed by atoms with Gasteiger partial charge in [-0.3, -0.25) is 9.78 Å². The van der Waals surface area contributed by atoms with Gasteiger partial charge in [-0.1, -0.05) is 13.3 Å². The van der Waals surface area contributed by atoms with E-state index in [2.05, 4.69) is 22.5 Å². The molecule has 0 bridgehead atoms. The average Bonchev–Trinajstić information content (AvgIpc) is 2.56. The van der Waals surface area contributed by atoms with Crippen LogP contribution in [-0.2, 0) is 0 Å².